The van der Waals surface area contributed by atoms with Gasteiger partial charge in [-0.3, -0.25) is 0 Å². The fourth-order valence-electron chi connectivity index (χ4n) is 8.93. The molecule has 11 aromatic rings. The van der Waals surface area contributed by atoms with Crippen LogP contribution in [-0.4, -0.2) is 9.13 Å². The summed E-state index contributed by atoms with van der Waals surface area (Å²) in [6.45, 7) is 0. The Morgan fingerprint density at radius 3 is 0.968 bits per heavy atom. The number of hydrogen-bond acceptors (Lipinski definition) is 4. The summed E-state index contributed by atoms with van der Waals surface area (Å²) in [6.07, 6.45) is 0. The van der Waals surface area contributed by atoms with Crippen molar-refractivity contribution in [3.05, 3.63) is 230 Å². The molecule has 9 aromatic carbocycles. The molecular weight excluding hydrogens is 757 g/mol. The van der Waals surface area contributed by atoms with Gasteiger partial charge < -0.3 is 18.9 Å². The summed E-state index contributed by atoms with van der Waals surface area (Å²) >= 11 is 0. The maximum absolute atomic E-state index is 9.69. The van der Waals surface area contributed by atoms with Gasteiger partial charge in [-0.15, -0.1) is 0 Å². The van der Waals surface area contributed by atoms with Gasteiger partial charge in [0, 0.05) is 67.0 Å². The minimum atomic E-state index is 0.604. The lowest BCUT2D eigenvalue weighted by atomic mass is 10.1. The first-order valence-corrected chi connectivity index (χ1v) is 20.5. The fraction of sp³-hybridized carbons (Fsp3) is 0. The van der Waals surface area contributed by atoms with Crippen LogP contribution in [0.3, 0.4) is 0 Å². The van der Waals surface area contributed by atoms with Gasteiger partial charge in [0.15, 0.2) is 0 Å². The van der Waals surface area contributed by atoms with Crippen molar-refractivity contribution in [1.82, 2.24) is 9.13 Å². The van der Waals surface area contributed by atoms with Crippen LogP contribution < -0.4 is 9.80 Å². The summed E-state index contributed by atoms with van der Waals surface area (Å²) in [5.41, 5.74) is 13.8. The second-order valence-corrected chi connectivity index (χ2v) is 15.3. The molecule has 290 valence electrons. The van der Waals surface area contributed by atoms with Crippen LogP contribution in [0.4, 0.5) is 34.1 Å². The SMILES string of the molecule is N#Cc1ccc(N(c2ccc(N(c3ccc(C#N)cc3)c3ccc4c(c3)c3ccccc3n4-c3ccccc3)cc2)c2ccc3c(c2)c2ccccc2n3-c2ccccc2)cc1. The van der Waals surface area contributed by atoms with E-state index in [4.69, 9.17) is 0 Å². The predicted molar refractivity (Wildman–Crippen MR) is 254 cm³/mol. The monoisotopic (exact) mass is 792 g/mol. The average molecular weight is 793 g/mol. The van der Waals surface area contributed by atoms with E-state index in [1.165, 1.54) is 10.8 Å². The molecule has 0 bridgehead atoms. The van der Waals surface area contributed by atoms with Crippen LogP contribution in [0.2, 0.25) is 0 Å². The van der Waals surface area contributed by atoms with Crippen LogP contribution in [0, 0.1) is 22.7 Å². The zero-order chi connectivity index (χ0) is 41.6. The molecule has 0 unspecified atom stereocenters. The lowest BCUT2D eigenvalue weighted by Crippen LogP contribution is -2.12. The Bertz CT molecular complexity index is 3280. The van der Waals surface area contributed by atoms with Crippen LogP contribution in [0.25, 0.3) is 55.0 Å². The third kappa shape index (κ3) is 6.11. The number of anilines is 6. The molecular formula is C56H36N6. The largest absolute Gasteiger partial charge is 0.310 e. The Balaban J connectivity index is 1.06. The van der Waals surface area contributed by atoms with E-state index in [1.54, 1.807) is 0 Å². The summed E-state index contributed by atoms with van der Waals surface area (Å²) in [5.74, 6) is 0. The second-order valence-electron chi connectivity index (χ2n) is 15.3. The van der Waals surface area contributed by atoms with Gasteiger partial charge in [0.25, 0.3) is 0 Å². The Morgan fingerprint density at radius 2 is 0.597 bits per heavy atom. The van der Waals surface area contributed by atoms with Gasteiger partial charge in [-0.25, -0.2) is 0 Å². The normalized spacial score (nSPS) is 11.2. The molecule has 2 aromatic heterocycles. The molecule has 6 nitrogen and oxygen atoms in total. The highest BCUT2D eigenvalue weighted by molar-refractivity contribution is 6.12. The highest BCUT2D eigenvalue weighted by atomic mass is 15.2. The molecule has 0 radical (unpaired) electrons. The quantitative estimate of drug-likeness (QED) is 0.154. The standard InChI is InChI=1S/C56H36N6/c57-37-39-19-23-43(24-20-39)59(47-31-33-55-51(35-47)49-15-7-9-17-53(49)61(55)41-11-3-1-4-12-41)45-27-29-46(30-28-45)60(44-25-21-40(38-58)22-26-44)48-32-34-56-52(36-48)50-16-8-10-18-54(50)62(56)42-13-5-2-6-14-42/h1-36H. The second kappa shape index (κ2) is 15.1. The van der Waals surface area contributed by atoms with E-state index in [1.807, 2.05) is 60.7 Å². The number of hydrogen-bond donors (Lipinski definition) is 0. The number of rotatable bonds is 8. The predicted octanol–water partition coefficient (Wildman–Crippen LogP) is 14.6. The smallest absolute Gasteiger partial charge is 0.0991 e. The van der Waals surface area contributed by atoms with Gasteiger partial charge >= 0.3 is 0 Å². The van der Waals surface area contributed by atoms with Crippen molar-refractivity contribution < 1.29 is 0 Å². The van der Waals surface area contributed by atoms with Crippen LogP contribution in [0.1, 0.15) is 11.1 Å². The van der Waals surface area contributed by atoms with Crippen molar-refractivity contribution in [2.24, 2.45) is 0 Å². The van der Waals surface area contributed by atoms with Crippen molar-refractivity contribution in [3.63, 3.8) is 0 Å². The van der Waals surface area contributed by atoms with E-state index < -0.39 is 0 Å². The topological polar surface area (TPSA) is 63.9 Å². The zero-order valence-electron chi connectivity index (χ0n) is 33.5. The summed E-state index contributed by atoms with van der Waals surface area (Å²) in [5, 5.41) is 24.0. The van der Waals surface area contributed by atoms with Gasteiger partial charge in [-0.05, 0) is 146 Å². The maximum Gasteiger partial charge on any atom is 0.0991 e. The molecule has 2 heterocycles. The average Bonchev–Trinajstić information content (AvgIpc) is 3.85. The maximum atomic E-state index is 9.69. The number of benzene rings is 9. The van der Waals surface area contributed by atoms with Crippen LogP contribution in [0.15, 0.2) is 218 Å². The van der Waals surface area contributed by atoms with Gasteiger partial charge in [0.1, 0.15) is 0 Å². The summed E-state index contributed by atoms with van der Waals surface area (Å²) in [7, 11) is 0. The lowest BCUT2D eigenvalue weighted by molar-refractivity contribution is 1.18. The summed E-state index contributed by atoms with van der Waals surface area (Å²) < 4.78 is 4.65. The van der Waals surface area contributed by atoms with Crippen molar-refractivity contribution in [2.45, 2.75) is 0 Å². The molecule has 0 N–H and O–H groups in total. The van der Waals surface area contributed by atoms with E-state index in [-0.39, 0.29) is 0 Å². The molecule has 6 heteroatoms. The van der Waals surface area contributed by atoms with E-state index >= 15 is 0 Å². The van der Waals surface area contributed by atoms with Crippen molar-refractivity contribution in [3.8, 4) is 23.5 Å². The first-order chi connectivity index (χ1) is 30.7. The van der Waals surface area contributed by atoms with Crippen molar-refractivity contribution in [2.75, 3.05) is 9.80 Å². The van der Waals surface area contributed by atoms with Gasteiger partial charge in [-0.2, -0.15) is 10.5 Å². The van der Waals surface area contributed by atoms with E-state index in [2.05, 4.69) is 189 Å². The molecule has 0 fully saturated rings. The number of aromatic nitrogens is 2. The van der Waals surface area contributed by atoms with Gasteiger partial charge in [0.2, 0.25) is 0 Å². The van der Waals surface area contributed by atoms with Crippen molar-refractivity contribution in [1.29, 1.82) is 10.5 Å². The Hall–Kier alpha value is -8.84. The molecule has 11 rings (SSSR count). The molecule has 0 atom stereocenters. The third-order valence-electron chi connectivity index (χ3n) is 11.7. The number of para-hydroxylation sites is 4. The minimum Gasteiger partial charge on any atom is -0.310 e. The highest BCUT2D eigenvalue weighted by Crippen LogP contribution is 2.43. The zero-order valence-corrected chi connectivity index (χ0v) is 33.5. The Labute approximate surface area is 358 Å². The molecule has 0 amide bonds. The molecule has 0 saturated heterocycles. The number of fused-ring (bicyclic) bond motifs is 6. The molecule has 0 aliphatic heterocycles. The minimum absolute atomic E-state index is 0.604. The summed E-state index contributed by atoms with van der Waals surface area (Å²) in [4.78, 5) is 4.49. The first-order valence-electron chi connectivity index (χ1n) is 20.5. The molecule has 0 aliphatic carbocycles. The van der Waals surface area contributed by atoms with Crippen LogP contribution in [0.5, 0.6) is 0 Å². The van der Waals surface area contributed by atoms with Crippen LogP contribution >= 0.6 is 0 Å². The summed E-state index contributed by atoms with van der Waals surface area (Å²) in [6, 6.07) is 80.1. The Kier molecular flexibility index (Phi) is 8.82. The van der Waals surface area contributed by atoms with Crippen LogP contribution in [-0.2, 0) is 0 Å². The first kappa shape index (κ1) is 36.3. The number of nitriles is 2. The van der Waals surface area contributed by atoms with E-state index in [0.29, 0.717) is 11.1 Å². The fourth-order valence-corrected chi connectivity index (χ4v) is 8.93. The Morgan fingerprint density at radius 1 is 0.290 bits per heavy atom. The highest BCUT2D eigenvalue weighted by Gasteiger charge is 2.21. The molecule has 0 aliphatic rings. The molecule has 0 saturated carbocycles. The molecule has 0 spiro atoms. The van der Waals surface area contributed by atoms with Gasteiger partial charge in [0.05, 0.1) is 45.3 Å². The van der Waals surface area contributed by atoms with Crippen molar-refractivity contribution >= 4 is 77.7 Å². The molecule has 62 heavy (non-hydrogen) atoms. The van der Waals surface area contributed by atoms with E-state index in [9.17, 15) is 10.5 Å². The number of nitrogens with zero attached hydrogens (tertiary/aromatic N) is 6. The van der Waals surface area contributed by atoms with Gasteiger partial charge in [-0.1, -0.05) is 72.8 Å². The third-order valence-corrected chi connectivity index (χ3v) is 11.7. The van der Waals surface area contributed by atoms with E-state index in [0.717, 1.165) is 78.3 Å². The lowest BCUT2D eigenvalue weighted by Gasteiger charge is -2.28.